The number of nitrogen functional groups attached to an aromatic ring is 1. The fraction of sp³-hybridized carbons (Fsp3) is 0.353. The maximum atomic E-state index is 10.7. The second-order valence-electron chi connectivity index (χ2n) is 6.39. The van der Waals surface area contributed by atoms with Crippen molar-refractivity contribution in [2.45, 2.75) is 19.2 Å². The van der Waals surface area contributed by atoms with Crippen molar-refractivity contribution in [3.8, 4) is 5.75 Å². The molecule has 26 heavy (non-hydrogen) atoms. The van der Waals surface area contributed by atoms with Gasteiger partial charge in [-0.05, 0) is 7.05 Å². The van der Waals surface area contributed by atoms with E-state index in [1.165, 1.54) is 0 Å². The molecule has 1 atom stereocenters. The van der Waals surface area contributed by atoms with Crippen molar-refractivity contribution in [1.82, 2.24) is 24.5 Å². The minimum absolute atomic E-state index is 0.232. The number of pyridine rings is 1. The molecule has 0 saturated heterocycles. The third kappa shape index (κ3) is 2.80. The molecular formula is C17H21N7O2. The number of methoxy groups -OCH3 is 1. The monoisotopic (exact) mass is 355 g/mol. The van der Waals surface area contributed by atoms with Crippen LogP contribution in [0.4, 0.5) is 11.5 Å². The molecule has 3 aromatic heterocycles. The number of nitrogens with one attached hydrogen (secondary N) is 1. The van der Waals surface area contributed by atoms with Gasteiger partial charge in [-0.25, -0.2) is 9.50 Å². The summed E-state index contributed by atoms with van der Waals surface area (Å²) in [6.07, 6.45) is 4.89. The van der Waals surface area contributed by atoms with E-state index in [0.29, 0.717) is 22.6 Å². The molecular weight excluding hydrogens is 334 g/mol. The zero-order valence-corrected chi connectivity index (χ0v) is 14.7. The van der Waals surface area contributed by atoms with Gasteiger partial charge in [0.25, 0.3) is 0 Å². The molecule has 3 aromatic rings. The number of nitrogens with two attached hydrogens (primary N) is 1. The number of aromatic nitrogens is 4. The predicted octanol–water partition coefficient (Wildman–Crippen LogP) is 0.806. The average molecular weight is 355 g/mol. The lowest BCUT2D eigenvalue weighted by Crippen LogP contribution is -2.27. The average Bonchev–Trinajstić information content (AvgIpc) is 2.94. The maximum absolute atomic E-state index is 10.7. The van der Waals surface area contributed by atoms with Gasteiger partial charge < -0.3 is 25.8 Å². The SMILES string of the molecule is COc1ccncc1NC(O)c1c(N)nn2cc3c(nc12)CCN(C)C3. The van der Waals surface area contributed by atoms with Crippen LogP contribution in [0.2, 0.25) is 0 Å². The summed E-state index contributed by atoms with van der Waals surface area (Å²) < 4.78 is 6.91. The predicted molar refractivity (Wildman–Crippen MR) is 96.8 cm³/mol. The number of fused-ring (bicyclic) bond motifs is 2. The first-order valence-corrected chi connectivity index (χ1v) is 8.34. The summed E-state index contributed by atoms with van der Waals surface area (Å²) in [5, 5.41) is 18.0. The van der Waals surface area contributed by atoms with E-state index in [0.717, 1.165) is 30.8 Å². The number of ether oxygens (including phenoxy) is 1. The van der Waals surface area contributed by atoms with Gasteiger partial charge in [0.15, 0.2) is 17.7 Å². The first-order valence-electron chi connectivity index (χ1n) is 8.34. The Balaban J connectivity index is 1.72. The lowest BCUT2D eigenvalue weighted by molar-refractivity contribution is 0.209. The van der Waals surface area contributed by atoms with Gasteiger partial charge in [0.1, 0.15) is 5.75 Å². The molecule has 0 fully saturated rings. The van der Waals surface area contributed by atoms with Gasteiger partial charge in [-0.2, -0.15) is 0 Å². The van der Waals surface area contributed by atoms with Crippen molar-refractivity contribution in [2.75, 3.05) is 31.8 Å². The van der Waals surface area contributed by atoms with Gasteiger partial charge in [-0.1, -0.05) is 0 Å². The Hall–Kier alpha value is -2.91. The highest BCUT2D eigenvalue weighted by Gasteiger charge is 2.24. The molecule has 4 heterocycles. The number of hydrogen-bond donors (Lipinski definition) is 3. The fourth-order valence-corrected chi connectivity index (χ4v) is 3.24. The molecule has 0 radical (unpaired) electrons. The number of aliphatic hydroxyl groups excluding tert-OH is 1. The third-order valence-electron chi connectivity index (χ3n) is 4.58. The second kappa shape index (κ2) is 6.43. The molecule has 0 saturated carbocycles. The molecule has 0 aromatic carbocycles. The van der Waals surface area contributed by atoms with Gasteiger partial charge in [0.05, 0.1) is 30.3 Å². The van der Waals surface area contributed by atoms with E-state index >= 15 is 0 Å². The molecule has 0 aliphatic carbocycles. The largest absolute Gasteiger partial charge is 0.494 e. The van der Waals surface area contributed by atoms with Crippen molar-refractivity contribution in [1.29, 1.82) is 0 Å². The van der Waals surface area contributed by atoms with Crippen LogP contribution in [0.15, 0.2) is 24.7 Å². The van der Waals surface area contributed by atoms with Gasteiger partial charge >= 0.3 is 0 Å². The van der Waals surface area contributed by atoms with Crippen molar-refractivity contribution < 1.29 is 9.84 Å². The minimum atomic E-state index is -1.09. The summed E-state index contributed by atoms with van der Waals surface area (Å²) >= 11 is 0. The molecule has 4 rings (SSSR count). The molecule has 1 unspecified atom stereocenters. The van der Waals surface area contributed by atoms with E-state index in [1.807, 2.05) is 6.20 Å². The lowest BCUT2D eigenvalue weighted by atomic mass is 10.1. The van der Waals surface area contributed by atoms with E-state index in [4.69, 9.17) is 15.5 Å². The van der Waals surface area contributed by atoms with E-state index in [9.17, 15) is 5.11 Å². The zero-order chi connectivity index (χ0) is 18.3. The van der Waals surface area contributed by atoms with Gasteiger partial charge in [0, 0.05) is 43.5 Å². The summed E-state index contributed by atoms with van der Waals surface area (Å²) in [6, 6.07) is 1.71. The lowest BCUT2D eigenvalue weighted by Gasteiger charge is -2.24. The van der Waals surface area contributed by atoms with Crippen LogP contribution in [0.3, 0.4) is 0 Å². The molecule has 0 amide bonds. The van der Waals surface area contributed by atoms with E-state index in [1.54, 1.807) is 30.1 Å². The summed E-state index contributed by atoms with van der Waals surface area (Å²) in [6.45, 7) is 1.77. The highest BCUT2D eigenvalue weighted by molar-refractivity contribution is 5.64. The van der Waals surface area contributed by atoms with E-state index < -0.39 is 6.23 Å². The summed E-state index contributed by atoms with van der Waals surface area (Å²) in [5.41, 5.74) is 9.76. The molecule has 0 spiro atoms. The molecule has 9 nitrogen and oxygen atoms in total. The number of rotatable bonds is 4. The Bertz CT molecular complexity index is 956. The van der Waals surface area contributed by atoms with Crippen LogP contribution in [0.25, 0.3) is 5.65 Å². The second-order valence-corrected chi connectivity index (χ2v) is 6.39. The number of likely N-dealkylation sites (N-methyl/N-ethyl adjacent to an activating group) is 1. The van der Waals surface area contributed by atoms with Gasteiger partial charge in [0.2, 0.25) is 0 Å². The quantitative estimate of drug-likeness (QED) is 0.589. The molecule has 0 bridgehead atoms. The van der Waals surface area contributed by atoms with Gasteiger partial charge in [-0.15, -0.1) is 5.10 Å². The van der Waals surface area contributed by atoms with Crippen LogP contribution in [-0.2, 0) is 13.0 Å². The molecule has 136 valence electrons. The molecule has 1 aliphatic heterocycles. The smallest absolute Gasteiger partial charge is 0.165 e. The first-order chi connectivity index (χ1) is 12.6. The van der Waals surface area contributed by atoms with Crippen LogP contribution in [0.5, 0.6) is 5.75 Å². The molecule has 4 N–H and O–H groups in total. The van der Waals surface area contributed by atoms with Crippen LogP contribution in [-0.4, -0.2) is 50.3 Å². The van der Waals surface area contributed by atoms with Crippen molar-refractivity contribution in [3.05, 3.63) is 41.5 Å². The normalized spacial score (nSPS) is 15.7. The summed E-state index contributed by atoms with van der Waals surface area (Å²) in [7, 11) is 3.63. The number of aliphatic hydroxyl groups is 1. The zero-order valence-electron chi connectivity index (χ0n) is 14.7. The number of nitrogens with zero attached hydrogens (tertiary/aromatic N) is 5. The van der Waals surface area contributed by atoms with Crippen LogP contribution >= 0.6 is 0 Å². The Morgan fingerprint density at radius 1 is 1.42 bits per heavy atom. The highest BCUT2D eigenvalue weighted by Crippen LogP contribution is 2.30. The van der Waals surface area contributed by atoms with Crippen LogP contribution in [0, 0.1) is 0 Å². The Morgan fingerprint density at radius 3 is 3.08 bits per heavy atom. The van der Waals surface area contributed by atoms with Crippen LogP contribution < -0.4 is 15.8 Å². The van der Waals surface area contributed by atoms with Crippen LogP contribution in [0.1, 0.15) is 23.0 Å². The Morgan fingerprint density at radius 2 is 2.27 bits per heavy atom. The highest BCUT2D eigenvalue weighted by atomic mass is 16.5. The minimum Gasteiger partial charge on any atom is -0.494 e. The topological polar surface area (TPSA) is 114 Å². The molecule has 9 heteroatoms. The summed E-state index contributed by atoms with van der Waals surface area (Å²) in [4.78, 5) is 11.0. The molecule has 1 aliphatic rings. The third-order valence-corrected chi connectivity index (χ3v) is 4.58. The Kier molecular flexibility index (Phi) is 4.09. The first kappa shape index (κ1) is 16.6. The van der Waals surface area contributed by atoms with Crippen molar-refractivity contribution >= 4 is 17.2 Å². The number of anilines is 2. The van der Waals surface area contributed by atoms with E-state index in [2.05, 4.69) is 27.3 Å². The van der Waals surface area contributed by atoms with Gasteiger partial charge in [-0.3, -0.25) is 4.98 Å². The standard InChI is InChI=1S/C17H21N7O2/c1-23-6-4-11-10(8-23)9-24-16(20-11)14(15(18)22-24)17(25)21-12-7-19-5-3-13(12)26-2/h3,5,7,9,17,21,25H,4,6,8H2,1-2H3,(H2,18,22). The summed E-state index contributed by atoms with van der Waals surface area (Å²) in [5.74, 6) is 0.804. The number of hydrogen-bond acceptors (Lipinski definition) is 8. The van der Waals surface area contributed by atoms with E-state index in [-0.39, 0.29) is 5.82 Å². The Labute approximate surface area is 150 Å². The van der Waals surface area contributed by atoms with Crippen molar-refractivity contribution in [3.63, 3.8) is 0 Å². The maximum Gasteiger partial charge on any atom is 0.165 e. The fourth-order valence-electron chi connectivity index (χ4n) is 3.24. The van der Waals surface area contributed by atoms with Crippen molar-refractivity contribution in [2.24, 2.45) is 0 Å².